The highest BCUT2D eigenvalue weighted by molar-refractivity contribution is 7.94. The fraction of sp³-hybridized carbons (Fsp3) is 0.167. The second kappa shape index (κ2) is 6.09. The monoisotopic (exact) mass is 334 g/mol. The average Bonchev–Trinajstić information content (AvgIpc) is 2.84. The van der Waals surface area contributed by atoms with E-state index in [-0.39, 0.29) is 14.9 Å². The van der Waals surface area contributed by atoms with Gasteiger partial charge in [-0.15, -0.1) is 11.3 Å². The Bertz CT molecular complexity index is 696. The lowest BCUT2D eigenvalue weighted by atomic mass is 10.3. The van der Waals surface area contributed by atoms with Gasteiger partial charge in [0, 0.05) is 4.88 Å². The van der Waals surface area contributed by atoms with Crippen molar-refractivity contribution in [3.8, 4) is 0 Å². The molecule has 0 bridgehead atoms. The zero-order valence-electron chi connectivity index (χ0n) is 10.3. The molecular formula is C12H12ClFN2O2S2. The average molecular weight is 335 g/mol. The van der Waals surface area contributed by atoms with E-state index in [2.05, 4.69) is 4.72 Å². The van der Waals surface area contributed by atoms with Crippen LogP contribution in [0, 0.1) is 5.82 Å². The molecule has 108 valence electrons. The number of nitrogens with two attached hydrogens (primary N) is 1. The number of rotatable bonds is 5. The van der Waals surface area contributed by atoms with Crippen LogP contribution in [0.25, 0.3) is 0 Å². The van der Waals surface area contributed by atoms with E-state index in [1.54, 1.807) is 6.07 Å². The number of thiophene rings is 1. The van der Waals surface area contributed by atoms with E-state index < -0.39 is 15.8 Å². The van der Waals surface area contributed by atoms with Gasteiger partial charge in [0.25, 0.3) is 10.0 Å². The van der Waals surface area contributed by atoms with Gasteiger partial charge in [0.2, 0.25) is 0 Å². The molecule has 1 aromatic heterocycles. The fourth-order valence-electron chi connectivity index (χ4n) is 1.56. The van der Waals surface area contributed by atoms with Gasteiger partial charge in [0.05, 0.1) is 5.02 Å². The largest absolute Gasteiger partial charge is 0.330 e. The first-order valence-electron chi connectivity index (χ1n) is 5.69. The highest BCUT2D eigenvalue weighted by Gasteiger charge is 2.20. The number of para-hydroxylation sites is 1. The van der Waals surface area contributed by atoms with Crippen LogP contribution >= 0.6 is 22.9 Å². The van der Waals surface area contributed by atoms with E-state index >= 15 is 0 Å². The predicted molar refractivity (Wildman–Crippen MR) is 79.3 cm³/mol. The minimum Gasteiger partial charge on any atom is -0.330 e. The predicted octanol–water partition coefficient (Wildman–Crippen LogP) is 2.84. The summed E-state index contributed by atoms with van der Waals surface area (Å²) in [5.74, 6) is -0.722. The fourth-order valence-corrected chi connectivity index (χ4v) is 4.28. The van der Waals surface area contributed by atoms with Crippen LogP contribution in [0.3, 0.4) is 0 Å². The molecule has 0 spiro atoms. The summed E-state index contributed by atoms with van der Waals surface area (Å²) in [5, 5.41) is 0.00677. The summed E-state index contributed by atoms with van der Waals surface area (Å²) < 4.78 is 40.2. The summed E-state index contributed by atoms with van der Waals surface area (Å²) in [5.41, 5.74) is 5.17. The molecule has 0 aliphatic carbocycles. The highest BCUT2D eigenvalue weighted by Crippen LogP contribution is 2.29. The molecule has 20 heavy (non-hydrogen) atoms. The van der Waals surface area contributed by atoms with Crippen molar-refractivity contribution < 1.29 is 12.8 Å². The zero-order valence-corrected chi connectivity index (χ0v) is 12.7. The van der Waals surface area contributed by atoms with Gasteiger partial charge in [-0.25, -0.2) is 12.8 Å². The van der Waals surface area contributed by atoms with Gasteiger partial charge in [-0.05, 0) is 37.2 Å². The number of sulfonamides is 1. The van der Waals surface area contributed by atoms with Crippen LogP contribution < -0.4 is 10.5 Å². The maximum Gasteiger partial charge on any atom is 0.271 e. The lowest BCUT2D eigenvalue weighted by Crippen LogP contribution is -2.13. The summed E-state index contributed by atoms with van der Waals surface area (Å²) in [6.45, 7) is 0.437. The lowest BCUT2D eigenvalue weighted by molar-refractivity contribution is 0.600. The first-order chi connectivity index (χ1) is 9.44. The minimum atomic E-state index is -3.85. The maximum atomic E-state index is 13.6. The van der Waals surface area contributed by atoms with Gasteiger partial charge in [0.1, 0.15) is 15.7 Å². The second-order valence-corrected chi connectivity index (χ2v) is 7.45. The van der Waals surface area contributed by atoms with Crippen LogP contribution in [0.4, 0.5) is 10.1 Å². The van der Waals surface area contributed by atoms with Crippen molar-refractivity contribution in [1.82, 2.24) is 0 Å². The van der Waals surface area contributed by atoms with E-state index in [0.717, 1.165) is 22.3 Å². The third-order valence-electron chi connectivity index (χ3n) is 2.49. The Labute approximate surface area is 125 Å². The standard InChI is InChI=1S/C12H12ClFN2O2S2/c13-9-2-1-3-10(14)12(9)16-20(17,18)11-5-4-8(19-11)6-7-15/h1-5,16H,6-7,15H2. The Morgan fingerprint density at radius 2 is 2.05 bits per heavy atom. The van der Waals surface area contributed by atoms with Gasteiger partial charge in [-0.1, -0.05) is 17.7 Å². The molecule has 2 rings (SSSR count). The van der Waals surface area contributed by atoms with Gasteiger partial charge < -0.3 is 5.73 Å². The summed E-state index contributed by atoms with van der Waals surface area (Å²) in [6, 6.07) is 7.11. The molecule has 0 aliphatic heterocycles. The maximum absolute atomic E-state index is 13.6. The molecule has 0 atom stereocenters. The van der Waals surface area contributed by atoms with Crippen LogP contribution in [-0.2, 0) is 16.4 Å². The highest BCUT2D eigenvalue weighted by atomic mass is 35.5. The number of hydrogen-bond donors (Lipinski definition) is 2. The number of hydrogen-bond acceptors (Lipinski definition) is 4. The van der Waals surface area contributed by atoms with Crippen molar-refractivity contribution >= 4 is 38.6 Å². The van der Waals surface area contributed by atoms with E-state index in [9.17, 15) is 12.8 Å². The van der Waals surface area contributed by atoms with Crippen molar-refractivity contribution in [3.63, 3.8) is 0 Å². The SMILES string of the molecule is NCCc1ccc(S(=O)(=O)Nc2c(F)cccc2Cl)s1. The summed E-state index contributed by atoms with van der Waals surface area (Å²) in [7, 11) is -3.85. The summed E-state index contributed by atoms with van der Waals surface area (Å²) >= 11 is 6.90. The molecular weight excluding hydrogens is 323 g/mol. The van der Waals surface area contributed by atoms with E-state index in [4.69, 9.17) is 17.3 Å². The molecule has 0 aliphatic rings. The van der Waals surface area contributed by atoms with Crippen molar-refractivity contribution in [1.29, 1.82) is 0 Å². The first-order valence-corrected chi connectivity index (χ1v) is 8.37. The topological polar surface area (TPSA) is 72.2 Å². The van der Waals surface area contributed by atoms with Crippen LogP contribution in [-0.4, -0.2) is 15.0 Å². The molecule has 0 radical (unpaired) electrons. The quantitative estimate of drug-likeness (QED) is 0.883. The normalized spacial score (nSPS) is 11.6. The Morgan fingerprint density at radius 3 is 2.70 bits per heavy atom. The zero-order chi connectivity index (χ0) is 14.8. The summed E-state index contributed by atoms with van der Waals surface area (Å²) in [6.07, 6.45) is 0.598. The Hall–Kier alpha value is -1.15. The van der Waals surface area contributed by atoms with E-state index in [1.807, 2.05) is 0 Å². The van der Waals surface area contributed by atoms with Crippen molar-refractivity contribution in [2.45, 2.75) is 10.6 Å². The molecule has 0 unspecified atom stereocenters. The first kappa shape index (κ1) is 15.2. The van der Waals surface area contributed by atoms with Crippen LogP contribution in [0.2, 0.25) is 5.02 Å². The molecule has 0 saturated heterocycles. The van der Waals surface area contributed by atoms with Gasteiger partial charge in [-0.3, -0.25) is 4.72 Å². The summed E-state index contributed by atoms with van der Waals surface area (Å²) in [4.78, 5) is 0.854. The van der Waals surface area contributed by atoms with Gasteiger partial charge >= 0.3 is 0 Å². The Kier molecular flexibility index (Phi) is 4.64. The molecule has 0 amide bonds. The van der Waals surface area contributed by atoms with Gasteiger partial charge in [-0.2, -0.15) is 0 Å². The number of halogens is 2. The molecule has 2 aromatic rings. The minimum absolute atomic E-state index is 0.00677. The van der Waals surface area contributed by atoms with Gasteiger partial charge in [0.15, 0.2) is 0 Å². The molecule has 3 N–H and O–H groups in total. The molecule has 1 heterocycles. The molecule has 0 fully saturated rings. The van der Waals surface area contributed by atoms with Crippen LogP contribution in [0.1, 0.15) is 4.88 Å². The molecule has 0 saturated carbocycles. The third-order valence-corrected chi connectivity index (χ3v) is 5.79. The number of benzene rings is 1. The van der Waals surface area contributed by atoms with E-state index in [0.29, 0.717) is 13.0 Å². The van der Waals surface area contributed by atoms with Crippen LogP contribution in [0.5, 0.6) is 0 Å². The van der Waals surface area contributed by atoms with Crippen LogP contribution in [0.15, 0.2) is 34.5 Å². The van der Waals surface area contributed by atoms with E-state index in [1.165, 1.54) is 18.2 Å². The molecule has 1 aromatic carbocycles. The Balaban J connectivity index is 2.31. The third kappa shape index (κ3) is 3.29. The van der Waals surface area contributed by atoms with Crippen molar-refractivity contribution in [3.05, 3.63) is 46.0 Å². The van der Waals surface area contributed by atoms with Crippen molar-refractivity contribution in [2.24, 2.45) is 5.73 Å². The lowest BCUT2D eigenvalue weighted by Gasteiger charge is -2.08. The molecule has 8 heteroatoms. The number of nitrogens with one attached hydrogen (secondary N) is 1. The number of anilines is 1. The van der Waals surface area contributed by atoms with Crippen molar-refractivity contribution in [2.75, 3.05) is 11.3 Å². The Morgan fingerprint density at radius 1 is 1.30 bits per heavy atom. The second-order valence-electron chi connectivity index (χ2n) is 3.96. The smallest absolute Gasteiger partial charge is 0.271 e. The molecule has 4 nitrogen and oxygen atoms in total.